The van der Waals surface area contributed by atoms with Gasteiger partial charge in [0, 0.05) is 12.5 Å². The summed E-state index contributed by atoms with van der Waals surface area (Å²) in [5.41, 5.74) is 1.18. The molecule has 0 aromatic heterocycles. The summed E-state index contributed by atoms with van der Waals surface area (Å²) in [5, 5.41) is 11.7. The highest BCUT2D eigenvalue weighted by Gasteiger charge is 2.23. The van der Waals surface area contributed by atoms with Crippen LogP contribution in [0.4, 0.5) is 8.78 Å². The van der Waals surface area contributed by atoms with Gasteiger partial charge in [0.15, 0.2) is 0 Å². The van der Waals surface area contributed by atoms with Gasteiger partial charge in [0.05, 0.1) is 5.56 Å². The van der Waals surface area contributed by atoms with Gasteiger partial charge in [-0.3, -0.25) is 4.79 Å². The van der Waals surface area contributed by atoms with E-state index >= 15 is 0 Å². The Morgan fingerprint density at radius 3 is 2.37 bits per heavy atom. The average molecular weight is 411 g/mol. The van der Waals surface area contributed by atoms with E-state index in [0.717, 1.165) is 17.7 Å². The maximum atomic E-state index is 13.8. The molecule has 0 spiro atoms. The number of rotatable bonds is 8. The topological polar surface area (TPSA) is 75.6 Å². The monoisotopic (exact) mass is 411 g/mol. The molecule has 0 heterocycles. The van der Waals surface area contributed by atoms with Crippen LogP contribution in [0.1, 0.15) is 21.5 Å². The number of carbonyl (C=O) groups is 2. The third-order valence-electron chi connectivity index (χ3n) is 4.37. The second-order valence-corrected chi connectivity index (χ2v) is 6.61. The van der Waals surface area contributed by atoms with Crippen molar-refractivity contribution in [2.75, 3.05) is 0 Å². The molecule has 0 unspecified atom stereocenters. The van der Waals surface area contributed by atoms with Crippen LogP contribution in [-0.4, -0.2) is 23.0 Å². The first-order valence-corrected chi connectivity index (χ1v) is 9.17. The van der Waals surface area contributed by atoms with E-state index < -0.39 is 35.1 Å². The van der Waals surface area contributed by atoms with E-state index in [1.165, 1.54) is 0 Å². The standard InChI is InChI=1S/C23H19F2NO4/c24-17-9-10-19(20(25)13-17)22(27)26-21(23(28)29)12-16-7-4-8-18(11-16)30-14-15-5-2-1-3-6-15/h1-11,13,21H,12,14H2,(H,26,27)(H,28,29)/t21-/m0/s1. The van der Waals surface area contributed by atoms with E-state index in [4.69, 9.17) is 4.74 Å². The highest BCUT2D eigenvalue weighted by Crippen LogP contribution is 2.17. The lowest BCUT2D eigenvalue weighted by molar-refractivity contribution is -0.139. The molecule has 0 bridgehead atoms. The van der Waals surface area contributed by atoms with E-state index in [2.05, 4.69) is 5.32 Å². The number of carboxylic acid groups (broad SMARTS) is 1. The lowest BCUT2D eigenvalue weighted by Gasteiger charge is -2.16. The predicted octanol–water partition coefficient (Wildman–Crippen LogP) is 3.97. The van der Waals surface area contributed by atoms with Crippen molar-refractivity contribution >= 4 is 11.9 Å². The van der Waals surface area contributed by atoms with Crippen LogP contribution >= 0.6 is 0 Å². The smallest absolute Gasteiger partial charge is 0.326 e. The summed E-state index contributed by atoms with van der Waals surface area (Å²) < 4.78 is 32.5. The Balaban J connectivity index is 1.67. The number of hydrogen-bond acceptors (Lipinski definition) is 3. The second kappa shape index (κ2) is 9.65. The molecule has 1 amide bonds. The first-order chi connectivity index (χ1) is 14.4. The van der Waals surface area contributed by atoms with Crippen molar-refractivity contribution in [1.82, 2.24) is 5.32 Å². The zero-order valence-electron chi connectivity index (χ0n) is 15.8. The predicted molar refractivity (Wildman–Crippen MR) is 106 cm³/mol. The molecule has 0 aliphatic heterocycles. The molecule has 2 N–H and O–H groups in total. The molecule has 0 radical (unpaired) electrons. The summed E-state index contributed by atoms with van der Waals surface area (Å²) in [5.74, 6) is -3.55. The van der Waals surface area contributed by atoms with Crippen LogP contribution in [0.5, 0.6) is 5.75 Å². The van der Waals surface area contributed by atoms with E-state index in [1.54, 1.807) is 24.3 Å². The average Bonchev–Trinajstić information content (AvgIpc) is 2.72. The van der Waals surface area contributed by atoms with Crippen molar-refractivity contribution in [2.24, 2.45) is 0 Å². The molecule has 0 aliphatic carbocycles. The van der Waals surface area contributed by atoms with E-state index in [0.29, 0.717) is 24.0 Å². The summed E-state index contributed by atoms with van der Waals surface area (Å²) in [6.07, 6.45) is -0.0353. The molecule has 154 valence electrons. The number of nitrogens with one attached hydrogen (secondary N) is 1. The molecule has 5 nitrogen and oxygen atoms in total. The van der Waals surface area contributed by atoms with Gasteiger partial charge in [0.25, 0.3) is 5.91 Å². The molecule has 3 rings (SSSR count). The Morgan fingerprint density at radius 1 is 0.933 bits per heavy atom. The second-order valence-electron chi connectivity index (χ2n) is 6.61. The Morgan fingerprint density at radius 2 is 1.67 bits per heavy atom. The third kappa shape index (κ3) is 5.64. The van der Waals surface area contributed by atoms with E-state index in [-0.39, 0.29) is 6.42 Å². The van der Waals surface area contributed by atoms with Gasteiger partial charge < -0.3 is 15.2 Å². The van der Waals surface area contributed by atoms with Crippen LogP contribution in [0.3, 0.4) is 0 Å². The fourth-order valence-corrected chi connectivity index (χ4v) is 2.85. The molecule has 3 aromatic carbocycles. The summed E-state index contributed by atoms with van der Waals surface area (Å²) >= 11 is 0. The minimum absolute atomic E-state index is 0.0353. The van der Waals surface area contributed by atoms with Gasteiger partial charge in [0.1, 0.15) is 30.0 Å². The van der Waals surface area contributed by atoms with Gasteiger partial charge in [-0.15, -0.1) is 0 Å². The van der Waals surface area contributed by atoms with Crippen LogP contribution in [0.2, 0.25) is 0 Å². The van der Waals surface area contributed by atoms with Crippen molar-refractivity contribution in [1.29, 1.82) is 0 Å². The van der Waals surface area contributed by atoms with Crippen molar-refractivity contribution < 1.29 is 28.2 Å². The fourth-order valence-electron chi connectivity index (χ4n) is 2.85. The van der Waals surface area contributed by atoms with Crippen LogP contribution in [0.15, 0.2) is 72.8 Å². The van der Waals surface area contributed by atoms with Crippen LogP contribution in [0.25, 0.3) is 0 Å². The maximum Gasteiger partial charge on any atom is 0.326 e. The Hall–Kier alpha value is -3.74. The quantitative estimate of drug-likeness (QED) is 0.588. The summed E-state index contributed by atoms with van der Waals surface area (Å²) in [7, 11) is 0. The van der Waals surface area contributed by atoms with Crippen molar-refractivity contribution in [2.45, 2.75) is 19.1 Å². The number of carbonyl (C=O) groups excluding carboxylic acids is 1. The lowest BCUT2D eigenvalue weighted by atomic mass is 10.0. The van der Waals surface area contributed by atoms with E-state index in [9.17, 15) is 23.5 Å². The van der Waals surface area contributed by atoms with Crippen LogP contribution in [-0.2, 0) is 17.8 Å². The van der Waals surface area contributed by atoms with Gasteiger partial charge >= 0.3 is 5.97 Å². The number of carboxylic acids is 1. The first-order valence-electron chi connectivity index (χ1n) is 9.17. The Labute approximate surface area is 171 Å². The minimum atomic E-state index is -1.30. The molecular weight excluding hydrogens is 392 g/mol. The normalized spacial score (nSPS) is 11.5. The third-order valence-corrected chi connectivity index (χ3v) is 4.37. The Kier molecular flexibility index (Phi) is 6.75. The highest BCUT2D eigenvalue weighted by atomic mass is 19.1. The number of ether oxygens (including phenoxy) is 1. The SMILES string of the molecule is O=C(N[C@@H](Cc1cccc(OCc2ccccc2)c1)C(=O)O)c1ccc(F)cc1F. The number of aliphatic carboxylic acids is 1. The number of amides is 1. The van der Waals surface area contributed by atoms with Crippen molar-refractivity contribution in [3.8, 4) is 5.75 Å². The molecule has 0 saturated carbocycles. The van der Waals surface area contributed by atoms with Gasteiger partial charge in [-0.05, 0) is 35.4 Å². The summed E-state index contributed by atoms with van der Waals surface area (Å²) in [6.45, 7) is 0.354. The molecule has 0 fully saturated rings. The molecule has 1 atom stereocenters. The minimum Gasteiger partial charge on any atom is -0.489 e. The van der Waals surface area contributed by atoms with Gasteiger partial charge in [-0.25, -0.2) is 13.6 Å². The van der Waals surface area contributed by atoms with Crippen LogP contribution in [0, 0.1) is 11.6 Å². The largest absolute Gasteiger partial charge is 0.489 e. The Bertz CT molecular complexity index is 1040. The van der Waals surface area contributed by atoms with E-state index in [1.807, 2.05) is 30.3 Å². The molecule has 0 aliphatic rings. The van der Waals surface area contributed by atoms with Gasteiger partial charge in [-0.2, -0.15) is 0 Å². The van der Waals surface area contributed by atoms with Crippen molar-refractivity contribution in [3.63, 3.8) is 0 Å². The summed E-state index contributed by atoms with van der Waals surface area (Å²) in [6, 6.07) is 17.6. The maximum absolute atomic E-state index is 13.8. The molecule has 0 saturated heterocycles. The molecule has 3 aromatic rings. The van der Waals surface area contributed by atoms with Crippen LogP contribution < -0.4 is 10.1 Å². The molecular formula is C23H19F2NO4. The number of halogens is 2. The zero-order valence-corrected chi connectivity index (χ0v) is 15.8. The highest BCUT2D eigenvalue weighted by molar-refractivity contribution is 5.96. The summed E-state index contributed by atoms with van der Waals surface area (Å²) in [4.78, 5) is 23.9. The first kappa shape index (κ1) is 21.0. The van der Waals surface area contributed by atoms with Crippen molar-refractivity contribution in [3.05, 3.63) is 101 Å². The fraction of sp³-hybridized carbons (Fsp3) is 0.130. The number of hydrogen-bond donors (Lipinski definition) is 2. The van der Waals surface area contributed by atoms with Gasteiger partial charge in [-0.1, -0.05) is 42.5 Å². The molecule has 30 heavy (non-hydrogen) atoms. The lowest BCUT2D eigenvalue weighted by Crippen LogP contribution is -2.42. The van der Waals surface area contributed by atoms with Gasteiger partial charge in [0.2, 0.25) is 0 Å². The zero-order chi connectivity index (χ0) is 21.5. The molecule has 7 heteroatoms. The number of benzene rings is 3.